The number of imidazole rings is 1. The van der Waals surface area contributed by atoms with E-state index in [1.54, 1.807) is 0 Å². The zero-order valence-corrected chi connectivity index (χ0v) is 11.3. The third-order valence-corrected chi connectivity index (χ3v) is 3.23. The maximum absolute atomic E-state index is 12.2. The Morgan fingerprint density at radius 2 is 2.00 bits per heavy atom. The first-order valence-corrected chi connectivity index (χ1v) is 6.62. The summed E-state index contributed by atoms with van der Waals surface area (Å²) in [5.41, 5.74) is 5.00. The van der Waals surface area contributed by atoms with Gasteiger partial charge in [0.25, 0.3) is 0 Å². The molecule has 0 bridgehead atoms. The molecule has 1 aromatic carbocycles. The topological polar surface area (TPSA) is 29.3 Å². The van der Waals surface area contributed by atoms with E-state index < -0.39 is 0 Å². The van der Waals surface area contributed by atoms with Gasteiger partial charge in [-0.2, -0.15) is 0 Å². The molecule has 0 atom stereocenters. The summed E-state index contributed by atoms with van der Waals surface area (Å²) in [6.07, 6.45) is 3.93. The minimum Gasteiger partial charge on any atom is -0.382 e. The standard InChI is InChI=1S/C16H16FN3/c1-12-2-4-13(5-3-12)15-11-20-9-6-14(18-8-7-17)10-16(20)19-15/h2-6,9-11,18H,7-8H2,1H3. The van der Waals surface area contributed by atoms with Crippen molar-refractivity contribution >= 4 is 11.3 Å². The number of hydrogen-bond donors (Lipinski definition) is 1. The first kappa shape index (κ1) is 12.7. The van der Waals surface area contributed by atoms with Crippen molar-refractivity contribution < 1.29 is 4.39 Å². The highest BCUT2D eigenvalue weighted by Crippen LogP contribution is 2.21. The van der Waals surface area contributed by atoms with Gasteiger partial charge in [0.2, 0.25) is 0 Å². The number of halogens is 1. The zero-order chi connectivity index (χ0) is 13.9. The van der Waals surface area contributed by atoms with Crippen LogP contribution in [0.1, 0.15) is 5.56 Å². The Labute approximate surface area is 117 Å². The molecule has 0 unspecified atom stereocenters. The highest BCUT2D eigenvalue weighted by atomic mass is 19.1. The van der Waals surface area contributed by atoms with E-state index >= 15 is 0 Å². The molecule has 3 rings (SSSR count). The summed E-state index contributed by atoms with van der Waals surface area (Å²) in [5.74, 6) is 0. The number of pyridine rings is 1. The maximum atomic E-state index is 12.2. The van der Waals surface area contributed by atoms with Crippen LogP contribution in [0.25, 0.3) is 16.9 Å². The molecule has 0 fully saturated rings. The predicted molar refractivity (Wildman–Crippen MR) is 79.8 cm³/mol. The fourth-order valence-electron chi connectivity index (χ4n) is 2.15. The summed E-state index contributed by atoms with van der Waals surface area (Å²) >= 11 is 0. The van der Waals surface area contributed by atoms with E-state index in [1.165, 1.54) is 5.56 Å². The van der Waals surface area contributed by atoms with Crippen LogP contribution in [0.4, 0.5) is 10.1 Å². The summed E-state index contributed by atoms with van der Waals surface area (Å²) in [6.45, 7) is 2.01. The summed E-state index contributed by atoms with van der Waals surface area (Å²) in [7, 11) is 0. The molecular formula is C16H16FN3. The van der Waals surface area contributed by atoms with Crippen molar-refractivity contribution in [2.75, 3.05) is 18.5 Å². The largest absolute Gasteiger partial charge is 0.382 e. The molecule has 20 heavy (non-hydrogen) atoms. The maximum Gasteiger partial charge on any atom is 0.139 e. The zero-order valence-electron chi connectivity index (χ0n) is 11.3. The van der Waals surface area contributed by atoms with Gasteiger partial charge in [-0.3, -0.25) is 0 Å². The van der Waals surface area contributed by atoms with E-state index in [1.807, 2.05) is 28.9 Å². The quantitative estimate of drug-likeness (QED) is 0.782. The van der Waals surface area contributed by atoms with E-state index in [2.05, 4.69) is 41.5 Å². The molecule has 102 valence electrons. The van der Waals surface area contributed by atoms with Gasteiger partial charge in [-0.05, 0) is 13.0 Å². The van der Waals surface area contributed by atoms with Gasteiger partial charge in [-0.25, -0.2) is 9.37 Å². The van der Waals surface area contributed by atoms with Gasteiger partial charge in [0, 0.05) is 36.3 Å². The van der Waals surface area contributed by atoms with Crippen molar-refractivity contribution in [2.45, 2.75) is 6.92 Å². The third-order valence-electron chi connectivity index (χ3n) is 3.23. The third kappa shape index (κ3) is 2.50. The van der Waals surface area contributed by atoms with Crippen LogP contribution in [0.5, 0.6) is 0 Å². The van der Waals surface area contributed by atoms with Crippen molar-refractivity contribution in [3.8, 4) is 11.3 Å². The molecule has 0 aliphatic heterocycles. The number of anilines is 1. The second-order valence-corrected chi connectivity index (χ2v) is 4.79. The summed E-state index contributed by atoms with van der Waals surface area (Å²) in [4.78, 5) is 4.61. The lowest BCUT2D eigenvalue weighted by molar-refractivity contribution is 0.513. The molecule has 0 aliphatic rings. The van der Waals surface area contributed by atoms with Crippen molar-refractivity contribution in [1.82, 2.24) is 9.38 Å². The van der Waals surface area contributed by atoms with Gasteiger partial charge >= 0.3 is 0 Å². The summed E-state index contributed by atoms with van der Waals surface area (Å²) < 4.78 is 14.1. The summed E-state index contributed by atoms with van der Waals surface area (Å²) in [5, 5.41) is 3.01. The van der Waals surface area contributed by atoms with Crippen LogP contribution in [0.3, 0.4) is 0 Å². The van der Waals surface area contributed by atoms with E-state index in [0.29, 0.717) is 6.54 Å². The van der Waals surface area contributed by atoms with E-state index in [-0.39, 0.29) is 6.67 Å². The van der Waals surface area contributed by atoms with Gasteiger partial charge in [-0.1, -0.05) is 29.8 Å². The molecular weight excluding hydrogens is 253 g/mol. The molecule has 4 heteroatoms. The lowest BCUT2D eigenvalue weighted by atomic mass is 10.1. The number of fused-ring (bicyclic) bond motifs is 1. The molecule has 0 amide bonds. The first-order chi connectivity index (χ1) is 9.76. The second kappa shape index (κ2) is 5.33. The Kier molecular flexibility index (Phi) is 3.37. The highest BCUT2D eigenvalue weighted by molar-refractivity contribution is 5.65. The summed E-state index contributed by atoms with van der Waals surface area (Å²) in [6, 6.07) is 12.1. The van der Waals surface area contributed by atoms with E-state index in [4.69, 9.17) is 0 Å². The number of nitrogens with zero attached hydrogens (tertiary/aromatic N) is 2. The number of nitrogens with one attached hydrogen (secondary N) is 1. The minimum absolute atomic E-state index is 0.321. The fourth-order valence-corrected chi connectivity index (χ4v) is 2.15. The van der Waals surface area contributed by atoms with Crippen molar-refractivity contribution in [3.63, 3.8) is 0 Å². The van der Waals surface area contributed by atoms with Gasteiger partial charge in [0.05, 0.1) is 5.69 Å². The second-order valence-electron chi connectivity index (χ2n) is 4.79. The van der Waals surface area contributed by atoms with Crippen molar-refractivity contribution in [3.05, 3.63) is 54.4 Å². The monoisotopic (exact) mass is 269 g/mol. The molecule has 0 aliphatic carbocycles. The average Bonchev–Trinajstić information content (AvgIpc) is 2.89. The Morgan fingerprint density at radius 1 is 1.20 bits per heavy atom. The number of rotatable bonds is 4. The minimum atomic E-state index is -0.381. The molecule has 1 N–H and O–H groups in total. The predicted octanol–water partition coefficient (Wildman–Crippen LogP) is 3.69. The lowest BCUT2D eigenvalue weighted by Crippen LogP contribution is -2.02. The van der Waals surface area contributed by atoms with Gasteiger partial charge in [0.15, 0.2) is 0 Å². The van der Waals surface area contributed by atoms with Crippen LogP contribution in [0.2, 0.25) is 0 Å². The van der Waals surface area contributed by atoms with Crippen LogP contribution in [0.15, 0.2) is 48.8 Å². The van der Waals surface area contributed by atoms with Crippen LogP contribution >= 0.6 is 0 Å². The molecule has 0 spiro atoms. The Hall–Kier alpha value is -2.36. The molecule has 3 nitrogen and oxygen atoms in total. The van der Waals surface area contributed by atoms with Gasteiger partial charge < -0.3 is 9.72 Å². The normalized spacial score (nSPS) is 10.9. The Bertz CT molecular complexity index is 716. The van der Waals surface area contributed by atoms with Crippen LogP contribution in [0, 0.1) is 6.92 Å². The molecule has 0 saturated carbocycles. The Morgan fingerprint density at radius 3 is 2.75 bits per heavy atom. The van der Waals surface area contributed by atoms with Gasteiger partial charge in [-0.15, -0.1) is 0 Å². The van der Waals surface area contributed by atoms with Crippen molar-refractivity contribution in [2.24, 2.45) is 0 Å². The number of alkyl halides is 1. The average molecular weight is 269 g/mol. The number of hydrogen-bond acceptors (Lipinski definition) is 2. The van der Waals surface area contributed by atoms with Crippen LogP contribution in [-0.2, 0) is 0 Å². The number of benzene rings is 1. The fraction of sp³-hybridized carbons (Fsp3) is 0.188. The smallest absolute Gasteiger partial charge is 0.139 e. The van der Waals surface area contributed by atoms with Crippen LogP contribution in [-0.4, -0.2) is 22.6 Å². The van der Waals surface area contributed by atoms with Gasteiger partial charge in [0.1, 0.15) is 12.3 Å². The molecule has 2 aromatic heterocycles. The first-order valence-electron chi connectivity index (χ1n) is 6.62. The Balaban J connectivity index is 1.95. The van der Waals surface area contributed by atoms with Crippen LogP contribution < -0.4 is 5.32 Å². The van der Waals surface area contributed by atoms with E-state index in [9.17, 15) is 4.39 Å². The molecule has 0 saturated heterocycles. The number of aryl methyl sites for hydroxylation is 1. The molecule has 2 heterocycles. The van der Waals surface area contributed by atoms with Crippen molar-refractivity contribution in [1.29, 1.82) is 0 Å². The number of aromatic nitrogens is 2. The molecule has 0 radical (unpaired) electrons. The van der Waals surface area contributed by atoms with E-state index in [0.717, 1.165) is 22.6 Å². The molecule has 3 aromatic rings. The lowest BCUT2D eigenvalue weighted by Gasteiger charge is -2.03. The SMILES string of the molecule is Cc1ccc(-c2cn3ccc(NCCF)cc3n2)cc1. The highest BCUT2D eigenvalue weighted by Gasteiger charge is 2.04.